The van der Waals surface area contributed by atoms with Gasteiger partial charge in [-0.3, -0.25) is 4.79 Å². The molecule has 1 fully saturated rings. The topological polar surface area (TPSA) is 57.6 Å². The molecule has 102 valence electrons. The normalized spacial score (nSPS) is 22.6. The monoisotopic (exact) mass is 349 g/mol. The molecule has 0 aromatic heterocycles. The van der Waals surface area contributed by atoms with Crippen LogP contribution in [0.4, 0.5) is 4.39 Å². The van der Waals surface area contributed by atoms with Gasteiger partial charge in [0.15, 0.2) is 0 Å². The van der Waals surface area contributed by atoms with Gasteiger partial charge in [0, 0.05) is 17.4 Å². The number of rotatable bonds is 2. The maximum absolute atomic E-state index is 13.9. The van der Waals surface area contributed by atoms with E-state index in [2.05, 4.69) is 15.9 Å². The number of carbonyl (C=O) groups is 2. The van der Waals surface area contributed by atoms with Gasteiger partial charge < -0.3 is 10.0 Å². The number of nitrogens with zero attached hydrogens (tertiary/aromatic N) is 1. The predicted octanol–water partition coefficient (Wildman–Crippen LogP) is 2.74. The maximum Gasteiger partial charge on any atom is 0.343 e. The number of amides is 1. The lowest BCUT2D eigenvalue weighted by Gasteiger charge is -2.18. The Morgan fingerprint density at radius 3 is 2.74 bits per heavy atom. The first-order chi connectivity index (χ1) is 8.85. The van der Waals surface area contributed by atoms with Crippen molar-refractivity contribution in [2.45, 2.75) is 12.1 Å². The van der Waals surface area contributed by atoms with Gasteiger partial charge in [0.05, 0.1) is 17.1 Å². The Morgan fingerprint density at radius 2 is 2.16 bits per heavy atom. The minimum absolute atomic E-state index is 0.0600. The molecule has 0 spiro atoms. The quantitative estimate of drug-likeness (QED) is 0.892. The molecular formula is C12H10BrClFNO3. The van der Waals surface area contributed by atoms with Gasteiger partial charge in [-0.25, -0.2) is 9.18 Å². The second-order valence-corrected chi connectivity index (χ2v) is 5.58. The molecule has 4 nitrogen and oxygen atoms in total. The van der Waals surface area contributed by atoms with Gasteiger partial charge in [-0.1, -0.05) is 17.7 Å². The van der Waals surface area contributed by atoms with E-state index in [1.807, 2.05) is 0 Å². The third-order valence-corrected chi connectivity index (χ3v) is 4.37. The molecule has 19 heavy (non-hydrogen) atoms. The van der Waals surface area contributed by atoms with Crippen molar-refractivity contribution in [3.05, 3.63) is 33.3 Å². The van der Waals surface area contributed by atoms with Crippen molar-refractivity contribution in [1.29, 1.82) is 0 Å². The molecule has 1 aromatic rings. The van der Waals surface area contributed by atoms with E-state index in [-0.39, 0.29) is 23.6 Å². The van der Waals surface area contributed by atoms with Gasteiger partial charge in [0.1, 0.15) is 0 Å². The molecule has 1 N–H and O–H groups in total. The summed E-state index contributed by atoms with van der Waals surface area (Å²) in [5.74, 6) is -2.00. The molecule has 0 radical (unpaired) electrons. The van der Waals surface area contributed by atoms with E-state index in [1.165, 1.54) is 11.0 Å². The molecule has 1 heterocycles. The number of carbonyl (C=O) groups excluding carboxylic acids is 1. The zero-order chi connectivity index (χ0) is 14.2. The van der Waals surface area contributed by atoms with Crippen molar-refractivity contribution >= 4 is 39.4 Å². The summed E-state index contributed by atoms with van der Waals surface area (Å²) in [5.41, 5.74) is -2.14. The van der Waals surface area contributed by atoms with Crippen LogP contribution in [-0.2, 0) is 4.79 Å². The van der Waals surface area contributed by atoms with Crippen LogP contribution in [0.25, 0.3) is 0 Å². The van der Waals surface area contributed by atoms with E-state index >= 15 is 0 Å². The molecule has 7 heteroatoms. The number of aliphatic carboxylic acids is 1. The first kappa shape index (κ1) is 14.3. The van der Waals surface area contributed by atoms with Crippen LogP contribution in [0.5, 0.6) is 0 Å². The molecule has 0 bridgehead atoms. The fourth-order valence-electron chi connectivity index (χ4n) is 1.96. The lowest BCUT2D eigenvalue weighted by atomic mass is 10.1. The van der Waals surface area contributed by atoms with Crippen molar-refractivity contribution in [3.63, 3.8) is 0 Å². The van der Waals surface area contributed by atoms with Gasteiger partial charge in [-0.05, 0) is 28.1 Å². The molecule has 0 saturated carbocycles. The van der Waals surface area contributed by atoms with E-state index in [1.54, 1.807) is 12.1 Å². The Balaban J connectivity index is 2.23. The SMILES string of the molecule is O=C(c1cccc(Br)c1Cl)N1CCC(F)(C(=O)O)C1. The van der Waals surface area contributed by atoms with Crippen LogP contribution in [0.3, 0.4) is 0 Å². The third-order valence-electron chi connectivity index (χ3n) is 3.07. The maximum atomic E-state index is 13.9. The zero-order valence-electron chi connectivity index (χ0n) is 9.70. The first-order valence-corrected chi connectivity index (χ1v) is 6.68. The summed E-state index contributed by atoms with van der Waals surface area (Å²) in [6.07, 6.45) is -0.209. The molecule has 1 aliphatic heterocycles. The Kier molecular flexibility index (Phi) is 3.82. The number of carboxylic acid groups (broad SMARTS) is 1. The van der Waals surface area contributed by atoms with Crippen LogP contribution in [0.1, 0.15) is 16.8 Å². The lowest BCUT2D eigenvalue weighted by molar-refractivity contribution is -0.149. The van der Waals surface area contributed by atoms with Crippen LogP contribution in [-0.4, -0.2) is 40.6 Å². The molecule has 1 saturated heterocycles. The molecule has 1 aromatic carbocycles. The second kappa shape index (κ2) is 5.09. The number of likely N-dealkylation sites (tertiary alicyclic amines) is 1. The first-order valence-electron chi connectivity index (χ1n) is 5.51. The molecule has 1 aliphatic rings. The van der Waals surface area contributed by atoms with Crippen molar-refractivity contribution < 1.29 is 19.1 Å². The van der Waals surface area contributed by atoms with Crippen molar-refractivity contribution in [2.75, 3.05) is 13.1 Å². The fraction of sp³-hybridized carbons (Fsp3) is 0.333. The van der Waals surface area contributed by atoms with Crippen molar-refractivity contribution in [3.8, 4) is 0 Å². The van der Waals surface area contributed by atoms with Crippen molar-refractivity contribution in [1.82, 2.24) is 4.90 Å². The Labute approximate surface area is 122 Å². The summed E-state index contributed by atoms with van der Waals surface area (Å²) in [5, 5.41) is 9.03. The Morgan fingerprint density at radius 1 is 1.47 bits per heavy atom. The lowest BCUT2D eigenvalue weighted by Crippen LogP contribution is -2.39. The largest absolute Gasteiger partial charge is 0.479 e. The van der Waals surface area contributed by atoms with E-state index < -0.39 is 24.1 Å². The number of carboxylic acids is 1. The standard InChI is InChI=1S/C12H10BrClFNO3/c13-8-3-1-2-7(9(8)14)10(17)16-5-4-12(15,6-16)11(18)19/h1-3H,4-6H2,(H,18,19). The molecule has 1 unspecified atom stereocenters. The molecule has 2 rings (SSSR count). The second-order valence-electron chi connectivity index (χ2n) is 4.35. The van der Waals surface area contributed by atoms with E-state index in [9.17, 15) is 14.0 Å². The number of hydrogen-bond donors (Lipinski definition) is 1. The van der Waals surface area contributed by atoms with Gasteiger partial charge in [-0.15, -0.1) is 0 Å². The number of hydrogen-bond acceptors (Lipinski definition) is 2. The summed E-state index contributed by atoms with van der Waals surface area (Å²) in [6.45, 7) is -0.394. The molecule has 0 aliphatic carbocycles. The summed E-state index contributed by atoms with van der Waals surface area (Å²) in [4.78, 5) is 24.2. The number of halogens is 3. The van der Waals surface area contributed by atoms with Crippen LogP contribution in [0.2, 0.25) is 5.02 Å². The highest BCUT2D eigenvalue weighted by Crippen LogP contribution is 2.31. The van der Waals surface area contributed by atoms with Crippen LogP contribution in [0, 0.1) is 0 Å². The Hall–Kier alpha value is -1.14. The Bertz CT molecular complexity index is 554. The van der Waals surface area contributed by atoms with Gasteiger partial charge in [0.2, 0.25) is 5.67 Å². The van der Waals surface area contributed by atoms with E-state index in [4.69, 9.17) is 16.7 Å². The smallest absolute Gasteiger partial charge is 0.343 e. The van der Waals surface area contributed by atoms with Gasteiger partial charge >= 0.3 is 5.97 Å². The zero-order valence-corrected chi connectivity index (χ0v) is 12.0. The highest BCUT2D eigenvalue weighted by molar-refractivity contribution is 9.10. The van der Waals surface area contributed by atoms with E-state index in [0.717, 1.165) is 0 Å². The average molecular weight is 351 g/mol. The minimum Gasteiger partial charge on any atom is -0.479 e. The molecule has 1 amide bonds. The number of benzene rings is 1. The fourth-order valence-corrected chi connectivity index (χ4v) is 2.53. The molecular weight excluding hydrogens is 340 g/mol. The highest BCUT2D eigenvalue weighted by atomic mass is 79.9. The average Bonchev–Trinajstić information content (AvgIpc) is 2.76. The summed E-state index contributed by atoms with van der Waals surface area (Å²) < 4.78 is 14.5. The molecule has 1 atom stereocenters. The predicted molar refractivity (Wildman–Crippen MR) is 71.1 cm³/mol. The van der Waals surface area contributed by atoms with Gasteiger partial charge in [0.25, 0.3) is 5.91 Å². The van der Waals surface area contributed by atoms with Crippen molar-refractivity contribution in [2.24, 2.45) is 0 Å². The third kappa shape index (κ3) is 2.60. The summed E-state index contributed by atoms with van der Waals surface area (Å²) in [6, 6.07) is 4.84. The van der Waals surface area contributed by atoms with Crippen LogP contribution in [0.15, 0.2) is 22.7 Å². The summed E-state index contributed by atoms with van der Waals surface area (Å²) in [7, 11) is 0. The number of alkyl halides is 1. The summed E-state index contributed by atoms with van der Waals surface area (Å²) >= 11 is 9.19. The van der Waals surface area contributed by atoms with Crippen LogP contribution < -0.4 is 0 Å². The van der Waals surface area contributed by atoms with Crippen LogP contribution >= 0.6 is 27.5 Å². The minimum atomic E-state index is -2.37. The van der Waals surface area contributed by atoms with E-state index in [0.29, 0.717) is 4.47 Å². The van der Waals surface area contributed by atoms with Gasteiger partial charge in [-0.2, -0.15) is 0 Å². The highest BCUT2D eigenvalue weighted by Gasteiger charge is 2.47.